The topological polar surface area (TPSA) is 56.7 Å². The van der Waals surface area contributed by atoms with Crippen LogP contribution in [0, 0.1) is 5.92 Å². The molecule has 1 fully saturated rings. The molecule has 0 aliphatic carbocycles. The van der Waals surface area contributed by atoms with Crippen LogP contribution in [0.3, 0.4) is 0 Å². The molecule has 0 atom stereocenters. The predicted octanol–water partition coefficient (Wildman–Crippen LogP) is 2.53. The van der Waals surface area contributed by atoms with Crippen LogP contribution in [0.25, 0.3) is 0 Å². The molecule has 2 aromatic rings. The van der Waals surface area contributed by atoms with Gasteiger partial charge in [-0.15, -0.1) is 0 Å². The Hall–Kier alpha value is -2.54. The molecule has 3 rings (SSSR count). The van der Waals surface area contributed by atoms with Gasteiger partial charge < -0.3 is 9.80 Å². The fourth-order valence-electron chi connectivity index (χ4n) is 2.85. The quantitative estimate of drug-likeness (QED) is 0.508. The molecule has 136 valence electrons. The normalized spacial score (nSPS) is 15.3. The maximum Gasteiger partial charge on any atom is 0.189 e. The molecule has 0 unspecified atom stereocenters. The molecular weight excluding hydrogens is 344 g/mol. The Bertz CT molecular complexity index is 739. The van der Waals surface area contributed by atoms with E-state index in [1.807, 2.05) is 42.6 Å². The molecule has 2 aromatic heterocycles. The molecule has 0 aromatic carbocycles. The number of piperazine rings is 1. The zero-order chi connectivity index (χ0) is 18.4. The number of pyridine rings is 2. The van der Waals surface area contributed by atoms with E-state index in [0.29, 0.717) is 5.11 Å². The molecule has 1 aliphatic heterocycles. The average Bonchev–Trinajstić information content (AvgIpc) is 2.69. The van der Waals surface area contributed by atoms with Gasteiger partial charge in [-0.2, -0.15) is 5.10 Å². The van der Waals surface area contributed by atoms with Gasteiger partial charge >= 0.3 is 0 Å². The van der Waals surface area contributed by atoms with Gasteiger partial charge in [0.1, 0.15) is 5.82 Å². The van der Waals surface area contributed by atoms with Crippen molar-refractivity contribution in [3.63, 3.8) is 0 Å². The lowest BCUT2D eigenvalue weighted by Crippen LogP contribution is -2.51. The zero-order valence-corrected chi connectivity index (χ0v) is 16.0. The highest BCUT2D eigenvalue weighted by atomic mass is 32.1. The van der Waals surface area contributed by atoms with Crippen LogP contribution in [0.15, 0.2) is 53.9 Å². The van der Waals surface area contributed by atoms with Crippen molar-refractivity contribution in [2.24, 2.45) is 11.0 Å². The minimum absolute atomic E-state index is 0.251. The molecular formula is C19H24N6S. The van der Waals surface area contributed by atoms with Crippen LogP contribution in [0.5, 0.6) is 0 Å². The minimum Gasteiger partial charge on any atom is -0.353 e. The van der Waals surface area contributed by atoms with Crippen molar-refractivity contribution >= 4 is 28.9 Å². The number of nitrogens with zero attached hydrogens (tertiary/aromatic N) is 5. The van der Waals surface area contributed by atoms with Crippen LogP contribution in [-0.2, 0) is 0 Å². The van der Waals surface area contributed by atoms with Gasteiger partial charge in [0, 0.05) is 38.6 Å². The Kier molecular flexibility index (Phi) is 6.12. The molecule has 7 heteroatoms. The summed E-state index contributed by atoms with van der Waals surface area (Å²) in [4.78, 5) is 13.2. The van der Waals surface area contributed by atoms with Crippen molar-refractivity contribution in [1.82, 2.24) is 20.3 Å². The van der Waals surface area contributed by atoms with Crippen molar-refractivity contribution in [3.05, 3.63) is 54.5 Å². The molecule has 0 spiro atoms. The first-order chi connectivity index (χ1) is 12.6. The summed E-state index contributed by atoms with van der Waals surface area (Å²) in [5.74, 6) is 1.27. The van der Waals surface area contributed by atoms with E-state index in [-0.39, 0.29) is 5.92 Å². The standard InChI is InChI=1S/C19H24N6S/c1-15(2)18(16-7-3-5-9-20-16)22-23-19(26)25-13-11-24(12-14-25)17-8-4-6-10-21-17/h3-10,15H,11-14H2,1-2H3,(H,23,26)/b22-18+. The average molecular weight is 369 g/mol. The van der Waals surface area contributed by atoms with Crippen LogP contribution in [-0.4, -0.2) is 51.9 Å². The van der Waals surface area contributed by atoms with Crippen molar-refractivity contribution in [1.29, 1.82) is 0 Å². The summed E-state index contributed by atoms with van der Waals surface area (Å²) in [5.41, 5.74) is 4.83. The molecule has 0 saturated carbocycles. The second-order valence-corrected chi connectivity index (χ2v) is 6.83. The van der Waals surface area contributed by atoms with Crippen molar-refractivity contribution in [3.8, 4) is 0 Å². The van der Waals surface area contributed by atoms with Crippen LogP contribution in [0.1, 0.15) is 19.5 Å². The Morgan fingerprint density at radius 2 is 1.73 bits per heavy atom. The number of rotatable bonds is 4. The molecule has 6 nitrogen and oxygen atoms in total. The fraction of sp³-hybridized carbons (Fsp3) is 0.368. The Balaban J connectivity index is 1.58. The number of thiocarbonyl (C=S) groups is 1. The van der Waals surface area contributed by atoms with Gasteiger partial charge in [-0.3, -0.25) is 10.4 Å². The van der Waals surface area contributed by atoms with E-state index in [9.17, 15) is 0 Å². The van der Waals surface area contributed by atoms with Crippen LogP contribution >= 0.6 is 12.2 Å². The first-order valence-corrected chi connectivity index (χ1v) is 9.26. The third-order valence-corrected chi connectivity index (χ3v) is 4.64. The predicted molar refractivity (Wildman–Crippen MR) is 109 cm³/mol. The van der Waals surface area contributed by atoms with Crippen molar-refractivity contribution in [2.45, 2.75) is 13.8 Å². The highest BCUT2D eigenvalue weighted by Crippen LogP contribution is 2.13. The van der Waals surface area contributed by atoms with Crippen molar-refractivity contribution in [2.75, 3.05) is 31.1 Å². The van der Waals surface area contributed by atoms with Crippen LogP contribution in [0.4, 0.5) is 5.82 Å². The maximum atomic E-state index is 5.54. The fourth-order valence-corrected chi connectivity index (χ4v) is 3.08. The third-order valence-electron chi connectivity index (χ3n) is 4.29. The number of hydrazone groups is 1. The largest absolute Gasteiger partial charge is 0.353 e. The molecule has 3 heterocycles. The summed E-state index contributed by atoms with van der Waals surface area (Å²) in [6, 6.07) is 11.8. The molecule has 1 saturated heterocycles. The minimum atomic E-state index is 0.251. The van der Waals surface area contributed by atoms with Gasteiger partial charge in [-0.1, -0.05) is 26.0 Å². The maximum absolute atomic E-state index is 5.54. The lowest BCUT2D eigenvalue weighted by Gasteiger charge is -2.36. The van der Waals surface area contributed by atoms with E-state index >= 15 is 0 Å². The van der Waals surface area contributed by atoms with Gasteiger partial charge in [0.15, 0.2) is 5.11 Å². The molecule has 0 radical (unpaired) electrons. The van der Waals surface area contributed by atoms with E-state index in [1.165, 1.54) is 0 Å². The second kappa shape index (κ2) is 8.71. The number of hydrogen-bond donors (Lipinski definition) is 1. The van der Waals surface area contributed by atoms with Crippen LogP contribution in [0.2, 0.25) is 0 Å². The van der Waals surface area contributed by atoms with Crippen molar-refractivity contribution < 1.29 is 0 Å². The summed E-state index contributed by atoms with van der Waals surface area (Å²) in [6.07, 6.45) is 3.61. The van der Waals surface area contributed by atoms with Gasteiger partial charge in [-0.25, -0.2) is 4.98 Å². The molecule has 1 aliphatic rings. The molecule has 0 amide bonds. The summed E-state index contributed by atoms with van der Waals surface area (Å²) < 4.78 is 0. The summed E-state index contributed by atoms with van der Waals surface area (Å²) in [5, 5.41) is 5.19. The van der Waals surface area contributed by atoms with E-state index in [4.69, 9.17) is 12.2 Å². The SMILES string of the molecule is CC(C)/C(=N\NC(=S)N1CCN(c2ccccn2)CC1)c1ccccn1. The molecule has 0 bridgehead atoms. The van der Waals surface area contributed by atoms with Crippen LogP contribution < -0.4 is 10.3 Å². The number of anilines is 1. The van der Waals surface area contributed by atoms with E-state index in [0.717, 1.165) is 43.4 Å². The summed E-state index contributed by atoms with van der Waals surface area (Å²) in [7, 11) is 0. The Morgan fingerprint density at radius 3 is 2.31 bits per heavy atom. The first kappa shape index (κ1) is 18.3. The molecule has 1 N–H and O–H groups in total. The summed E-state index contributed by atoms with van der Waals surface area (Å²) in [6.45, 7) is 7.67. The smallest absolute Gasteiger partial charge is 0.189 e. The monoisotopic (exact) mass is 368 g/mol. The number of aromatic nitrogens is 2. The zero-order valence-electron chi connectivity index (χ0n) is 15.2. The van der Waals surface area contributed by atoms with Gasteiger partial charge in [0.2, 0.25) is 0 Å². The number of hydrogen-bond acceptors (Lipinski definition) is 5. The van der Waals surface area contributed by atoms with Gasteiger partial charge in [0.05, 0.1) is 11.4 Å². The lowest BCUT2D eigenvalue weighted by atomic mass is 10.1. The summed E-state index contributed by atoms with van der Waals surface area (Å²) >= 11 is 5.54. The van der Waals surface area contributed by atoms with Gasteiger partial charge in [-0.05, 0) is 42.4 Å². The first-order valence-electron chi connectivity index (χ1n) is 8.85. The lowest BCUT2D eigenvalue weighted by molar-refractivity contribution is 0.380. The van der Waals surface area contributed by atoms with E-state index in [1.54, 1.807) is 6.20 Å². The molecule has 26 heavy (non-hydrogen) atoms. The van der Waals surface area contributed by atoms with Gasteiger partial charge in [0.25, 0.3) is 0 Å². The number of nitrogens with one attached hydrogen (secondary N) is 1. The second-order valence-electron chi connectivity index (χ2n) is 6.45. The Morgan fingerprint density at radius 1 is 1.04 bits per heavy atom. The van der Waals surface area contributed by atoms with E-state index < -0.39 is 0 Å². The highest BCUT2D eigenvalue weighted by molar-refractivity contribution is 7.80. The van der Waals surface area contributed by atoms with E-state index in [2.05, 4.69) is 44.1 Å². The highest BCUT2D eigenvalue weighted by Gasteiger charge is 2.20. The Labute approximate surface area is 160 Å². The third kappa shape index (κ3) is 4.54.